The summed E-state index contributed by atoms with van der Waals surface area (Å²) in [4.78, 5) is 4.19. The molecule has 1 rings (SSSR count). The number of aliphatic hydroxyl groups excluding tert-OH is 1. The summed E-state index contributed by atoms with van der Waals surface area (Å²) >= 11 is 11.0. The van der Waals surface area contributed by atoms with Crippen molar-refractivity contribution in [1.29, 1.82) is 0 Å². The van der Waals surface area contributed by atoms with Crippen molar-refractivity contribution in [3.05, 3.63) is 21.8 Å². The van der Waals surface area contributed by atoms with E-state index in [1.54, 1.807) is 24.0 Å². The van der Waals surface area contributed by atoms with Gasteiger partial charge in [0.2, 0.25) is 0 Å². The van der Waals surface area contributed by atoms with Gasteiger partial charge in [0.25, 0.3) is 0 Å². The lowest BCUT2D eigenvalue weighted by atomic mass is 10.2. The van der Waals surface area contributed by atoms with Crippen LogP contribution in [0.3, 0.4) is 0 Å². The highest BCUT2D eigenvalue weighted by atomic mass is 79.9. The Labute approximate surface area is 113 Å². The SMILES string of the molecule is CSC(CO)C(C)Nc1ncc(Br)cc1Cl. The van der Waals surface area contributed by atoms with Crippen LogP contribution in [0, 0.1) is 0 Å². The van der Waals surface area contributed by atoms with Crippen LogP contribution in [0.25, 0.3) is 0 Å². The average Bonchev–Trinajstić information content (AvgIpc) is 2.24. The summed E-state index contributed by atoms with van der Waals surface area (Å²) < 4.78 is 0.847. The molecule has 0 saturated heterocycles. The van der Waals surface area contributed by atoms with E-state index in [0.29, 0.717) is 10.8 Å². The Morgan fingerprint density at radius 2 is 2.38 bits per heavy atom. The number of nitrogens with zero attached hydrogens (tertiary/aromatic N) is 1. The summed E-state index contributed by atoms with van der Waals surface area (Å²) in [5, 5.41) is 13.1. The van der Waals surface area contributed by atoms with E-state index in [-0.39, 0.29) is 17.9 Å². The van der Waals surface area contributed by atoms with Crippen molar-refractivity contribution < 1.29 is 5.11 Å². The number of hydrogen-bond acceptors (Lipinski definition) is 4. The molecule has 1 aromatic heterocycles. The molecule has 0 saturated carbocycles. The second-order valence-corrected chi connectivity index (χ2v) is 5.77. The van der Waals surface area contributed by atoms with Gasteiger partial charge in [0.05, 0.1) is 11.6 Å². The molecule has 2 atom stereocenters. The molecule has 6 heteroatoms. The molecule has 2 unspecified atom stereocenters. The van der Waals surface area contributed by atoms with Crippen molar-refractivity contribution in [1.82, 2.24) is 4.98 Å². The third kappa shape index (κ3) is 3.80. The molecule has 3 nitrogen and oxygen atoms in total. The summed E-state index contributed by atoms with van der Waals surface area (Å²) in [5.41, 5.74) is 0. The van der Waals surface area contributed by atoms with E-state index < -0.39 is 0 Å². The number of aromatic nitrogens is 1. The number of hydrogen-bond donors (Lipinski definition) is 2. The van der Waals surface area contributed by atoms with Crippen LogP contribution in [0.1, 0.15) is 6.92 Å². The number of pyridine rings is 1. The van der Waals surface area contributed by atoms with Gasteiger partial charge in [0.1, 0.15) is 5.82 Å². The molecular weight excluding hydrogens is 312 g/mol. The second-order valence-electron chi connectivity index (χ2n) is 3.37. The maximum Gasteiger partial charge on any atom is 0.145 e. The molecule has 1 aromatic rings. The first-order valence-corrected chi connectivity index (χ1v) is 7.25. The summed E-state index contributed by atoms with van der Waals surface area (Å²) in [6.45, 7) is 2.13. The largest absolute Gasteiger partial charge is 0.395 e. The molecule has 0 radical (unpaired) electrons. The highest BCUT2D eigenvalue weighted by Crippen LogP contribution is 2.24. The summed E-state index contributed by atoms with van der Waals surface area (Å²) in [7, 11) is 0. The maximum atomic E-state index is 9.17. The maximum absolute atomic E-state index is 9.17. The lowest BCUT2D eigenvalue weighted by molar-refractivity contribution is 0.288. The molecule has 0 aromatic carbocycles. The number of rotatable bonds is 5. The Morgan fingerprint density at radius 3 is 2.88 bits per heavy atom. The molecule has 1 heterocycles. The van der Waals surface area contributed by atoms with Crippen molar-refractivity contribution in [3.8, 4) is 0 Å². The van der Waals surface area contributed by atoms with Crippen molar-refractivity contribution in [2.24, 2.45) is 0 Å². The van der Waals surface area contributed by atoms with Crippen LogP contribution in [0.5, 0.6) is 0 Å². The van der Waals surface area contributed by atoms with Crippen molar-refractivity contribution in [3.63, 3.8) is 0 Å². The lowest BCUT2D eigenvalue weighted by Gasteiger charge is -2.22. The van der Waals surface area contributed by atoms with Crippen LogP contribution < -0.4 is 5.32 Å². The van der Waals surface area contributed by atoms with Gasteiger partial charge in [-0.25, -0.2) is 4.98 Å². The van der Waals surface area contributed by atoms with Crippen LogP contribution >= 0.6 is 39.3 Å². The third-order valence-corrected chi connectivity index (χ3v) is 4.10. The predicted octanol–water partition coefficient (Wildman–Crippen LogP) is 3.02. The monoisotopic (exact) mass is 324 g/mol. The number of nitrogens with one attached hydrogen (secondary N) is 1. The minimum atomic E-state index is 0.103. The first kappa shape index (κ1) is 14.1. The van der Waals surface area contributed by atoms with E-state index in [9.17, 15) is 0 Å². The van der Waals surface area contributed by atoms with Gasteiger partial charge in [0, 0.05) is 22.0 Å². The Balaban J connectivity index is 2.72. The Hall–Kier alpha value is 0.0300. The summed E-state index contributed by atoms with van der Waals surface area (Å²) in [6.07, 6.45) is 3.66. The first-order valence-electron chi connectivity index (χ1n) is 4.79. The van der Waals surface area contributed by atoms with Crippen LogP contribution in [0.2, 0.25) is 5.02 Å². The zero-order chi connectivity index (χ0) is 12.1. The molecule has 0 aliphatic rings. The Kier molecular flexibility index (Phi) is 5.89. The van der Waals surface area contributed by atoms with Crippen molar-refractivity contribution in [2.75, 3.05) is 18.2 Å². The van der Waals surface area contributed by atoms with Gasteiger partial charge in [-0.1, -0.05) is 11.6 Å². The zero-order valence-corrected chi connectivity index (χ0v) is 12.2. The highest BCUT2D eigenvalue weighted by Gasteiger charge is 2.16. The number of anilines is 1. The van der Waals surface area contributed by atoms with Gasteiger partial charge in [-0.2, -0.15) is 11.8 Å². The van der Waals surface area contributed by atoms with Gasteiger partial charge >= 0.3 is 0 Å². The Morgan fingerprint density at radius 1 is 1.69 bits per heavy atom. The lowest BCUT2D eigenvalue weighted by Crippen LogP contribution is -2.31. The highest BCUT2D eigenvalue weighted by molar-refractivity contribution is 9.10. The minimum Gasteiger partial charge on any atom is -0.395 e. The fraction of sp³-hybridized carbons (Fsp3) is 0.500. The van der Waals surface area contributed by atoms with Gasteiger partial charge in [-0.05, 0) is 35.2 Å². The van der Waals surface area contributed by atoms with Crippen LogP contribution in [-0.4, -0.2) is 34.2 Å². The van der Waals surface area contributed by atoms with Crippen molar-refractivity contribution >= 4 is 45.1 Å². The molecule has 0 amide bonds. The normalized spacial score (nSPS) is 14.6. The van der Waals surface area contributed by atoms with E-state index in [0.717, 1.165) is 4.47 Å². The average molecular weight is 326 g/mol. The van der Waals surface area contributed by atoms with Gasteiger partial charge < -0.3 is 10.4 Å². The van der Waals surface area contributed by atoms with Crippen LogP contribution in [0.4, 0.5) is 5.82 Å². The summed E-state index contributed by atoms with van der Waals surface area (Å²) in [5.74, 6) is 0.643. The number of aliphatic hydroxyl groups is 1. The van der Waals surface area contributed by atoms with E-state index in [2.05, 4.69) is 26.2 Å². The van der Waals surface area contributed by atoms with Gasteiger partial charge in [0.15, 0.2) is 0 Å². The topological polar surface area (TPSA) is 45.1 Å². The van der Waals surface area contributed by atoms with Gasteiger partial charge in [-0.15, -0.1) is 0 Å². The van der Waals surface area contributed by atoms with E-state index in [1.165, 1.54) is 0 Å². The van der Waals surface area contributed by atoms with E-state index in [1.807, 2.05) is 13.2 Å². The van der Waals surface area contributed by atoms with E-state index >= 15 is 0 Å². The third-order valence-electron chi connectivity index (χ3n) is 2.21. The molecule has 0 aliphatic heterocycles. The van der Waals surface area contributed by atoms with Crippen molar-refractivity contribution in [2.45, 2.75) is 18.2 Å². The molecule has 0 aliphatic carbocycles. The molecule has 0 bridgehead atoms. The van der Waals surface area contributed by atoms with Crippen LogP contribution in [0.15, 0.2) is 16.7 Å². The fourth-order valence-corrected chi connectivity index (χ4v) is 2.58. The van der Waals surface area contributed by atoms with E-state index in [4.69, 9.17) is 16.7 Å². The molecular formula is C10H14BrClN2OS. The molecule has 0 fully saturated rings. The minimum absolute atomic E-state index is 0.103. The van der Waals surface area contributed by atoms with Crippen LogP contribution in [-0.2, 0) is 0 Å². The molecule has 0 spiro atoms. The second kappa shape index (κ2) is 6.69. The molecule has 2 N–H and O–H groups in total. The molecule has 90 valence electrons. The van der Waals surface area contributed by atoms with Gasteiger partial charge in [-0.3, -0.25) is 0 Å². The number of halogens is 2. The smallest absolute Gasteiger partial charge is 0.145 e. The number of thioether (sulfide) groups is 1. The fourth-order valence-electron chi connectivity index (χ4n) is 1.27. The summed E-state index contributed by atoms with van der Waals surface area (Å²) in [6, 6.07) is 1.89. The standard InChI is InChI=1S/C10H14BrClN2OS/c1-6(9(5-15)16-2)14-10-8(12)3-7(11)4-13-10/h3-4,6,9,15H,5H2,1-2H3,(H,13,14). The predicted molar refractivity (Wildman–Crippen MR) is 74.4 cm³/mol. The Bertz CT molecular complexity index is 350. The zero-order valence-electron chi connectivity index (χ0n) is 9.08. The molecule has 16 heavy (non-hydrogen) atoms. The first-order chi connectivity index (χ1) is 7.58. The quantitative estimate of drug-likeness (QED) is 0.873.